The summed E-state index contributed by atoms with van der Waals surface area (Å²) in [5, 5.41) is 11.0. The summed E-state index contributed by atoms with van der Waals surface area (Å²) >= 11 is 6.23. The number of halogens is 2. The zero-order chi connectivity index (χ0) is 16.6. The maximum absolute atomic E-state index is 14.4. The minimum Gasteiger partial charge on any atom is -0.508 e. The first-order chi connectivity index (χ1) is 11.0. The van der Waals surface area contributed by atoms with Crippen LogP contribution in [0.15, 0.2) is 48.5 Å². The van der Waals surface area contributed by atoms with Gasteiger partial charge in [0.15, 0.2) is 0 Å². The van der Waals surface area contributed by atoms with E-state index < -0.39 is 0 Å². The molecule has 0 aliphatic rings. The van der Waals surface area contributed by atoms with Gasteiger partial charge in [-0.3, -0.25) is 4.98 Å². The molecule has 4 heteroatoms. The molecule has 0 fully saturated rings. The normalized spacial score (nSPS) is 11.9. The van der Waals surface area contributed by atoms with Gasteiger partial charge in [-0.25, -0.2) is 4.39 Å². The Morgan fingerprint density at radius 1 is 1.22 bits per heavy atom. The number of aliphatic hydroxyl groups is 1. The smallest absolute Gasteiger partial charge is 0.132 e. The molecule has 0 aliphatic heterocycles. The molecule has 0 amide bonds. The molecule has 0 unspecified atom stereocenters. The van der Waals surface area contributed by atoms with Gasteiger partial charge in [0.1, 0.15) is 11.6 Å². The van der Waals surface area contributed by atoms with Crippen LogP contribution in [0.4, 0.5) is 4.39 Å². The van der Waals surface area contributed by atoms with E-state index in [1.54, 1.807) is 37.3 Å². The van der Waals surface area contributed by atoms with Crippen LogP contribution < -0.4 is 0 Å². The number of allylic oxidation sites excluding steroid dienone is 1. The molecular formula is C19H15ClFNO. The van der Waals surface area contributed by atoms with Crippen molar-refractivity contribution in [2.75, 3.05) is 0 Å². The second-order valence-corrected chi connectivity index (χ2v) is 5.72. The van der Waals surface area contributed by atoms with Gasteiger partial charge in [-0.15, -0.1) is 0 Å². The molecular weight excluding hydrogens is 313 g/mol. The van der Waals surface area contributed by atoms with Gasteiger partial charge in [-0.2, -0.15) is 0 Å². The molecule has 0 spiro atoms. The summed E-state index contributed by atoms with van der Waals surface area (Å²) in [5.41, 5.74) is 3.17. The molecule has 0 saturated carbocycles. The summed E-state index contributed by atoms with van der Waals surface area (Å²) in [4.78, 5) is 4.48. The Balaban J connectivity index is 2.39. The van der Waals surface area contributed by atoms with E-state index in [1.165, 1.54) is 6.07 Å². The third-order valence-corrected chi connectivity index (χ3v) is 4.05. The van der Waals surface area contributed by atoms with Gasteiger partial charge < -0.3 is 5.11 Å². The Morgan fingerprint density at radius 2 is 2.00 bits per heavy atom. The predicted octanol–water partition coefficient (Wildman–Crippen LogP) is 5.92. The monoisotopic (exact) mass is 327 g/mol. The van der Waals surface area contributed by atoms with Crippen molar-refractivity contribution in [1.29, 1.82) is 0 Å². The van der Waals surface area contributed by atoms with Crippen LogP contribution in [-0.2, 0) is 0 Å². The van der Waals surface area contributed by atoms with E-state index >= 15 is 0 Å². The molecule has 1 heterocycles. The largest absolute Gasteiger partial charge is 0.508 e. The number of hydrogen-bond acceptors (Lipinski definition) is 2. The van der Waals surface area contributed by atoms with E-state index in [-0.39, 0.29) is 11.6 Å². The van der Waals surface area contributed by atoms with Crippen LogP contribution in [0.5, 0.6) is 0 Å². The van der Waals surface area contributed by atoms with Crippen molar-refractivity contribution in [2.24, 2.45) is 0 Å². The fourth-order valence-corrected chi connectivity index (χ4v) is 2.91. The fraction of sp³-hybridized carbons (Fsp3) is 0.105. The lowest BCUT2D eigenvalue weighted by Gasteiger charge is -2.12. The SMILES string of the molecule is CC=C(O)c1ccc2nc(C)cc(-c3c(F)cccc3Cl)c2c1. The molecule has 0 radical (unpaired) electrons. The number of aryl methyl sites for hydroxylation is 1. The molecule has 0 saturated heterocycles. The van der Waals surface area contributed by atoms with Crippen LogP contribution in [0.2, 0.25) is 5.02 Å². The number of rotatable bonds is 2. The summed E-state index contributed by atoms with van der Waals surface area (Å²) in [6, 6.07) is 11.8. The van der Waals surface area contributed by atoms with Crippen LogP contribution in [0.25, 0.3) is 27.8 Å². The Bertz CT molecular complexity index is 914. The number of fused-ring (bicyclic) bond motifs is 1. The van der Waals surface area contributed by atoms with Gasteiger partial charge in [0.05, 0.1) is 10.5 Å². The van der Waals surface area contributed by atoms with Crippen LogP contribution >= 0.6 is 11.6 Å². The van der Waals surface area contributed by atoms with E-state index in [4.69, 9.17) is 11.6 Å². The van der Waals surface area contributed by atoms with Crippen molar-refractivity contribution in [3.05, 3.63) is 70.6 Å². The number of aromatic nitrogens is 1. The quantitative estimate of drug-likeness (QED) is 0.592. The maximum Gasteiger partial charge on any atom is 0.132 e. The minimum atomic E-state index is -0.384. The third kappa shape index (κ3) is 2.80. The maximum atomic E-state index is 14.4. The third-order valence-electron chi connectivity index (χ3n) is 3.74. The van der Waals surface area contributed by atoms with Crippen molar-refractivity contribution >= 4 is 28.3 Å². The van der Waals surface area contributed by atoms with Crippen LogP contribution in [-0.4, -0.2) is 10.1 Å². The molecule has 3 aromatic rings. The summed E-state index contributed by atoms with van der Waals surface area (Å²) in [6.45, 7) is 3.61. The standard InChI is InChI=1S/C19H15ClFNO/c1-3-18(23)12-7-8-17-13(10-12)14(9-11(2)22-17)19-15(20)5-4-6-16(19)21/h3-10,23H,1-2H3. The zero-order valence-corrected chi connectivity index (χ0v) is 13.5. The molecule has 0 atom stereocenters. The first-order valence-electron chi connectivity index (χ1n) is 7.22. The van der Waals surface area contributed by atoms with Gasteiger partial charge in [0, 0.05) is 22.2 Å². The molecule has 116 valence electrons. The Kier molecular flexibility index (Phi) is 4.05. The average Bonchev–Trinajstić information content (AvgIpc) is 2.53. The highest BCUT2D eigenvalue weighted by Crippen LogP contribution is 2.36. The Hall–Kier alpha value is -2.39. The van der Waals surface area contributed by atoms with E-state index in [1.807, 2.05) is 19.1 Å². The van der Waals surface area contributed by atoms with Crippen LogP contribution in [0.1, 0.15) is 18.2 Å². The Morgan fingerprint density at radius 3 is 2.70 bits per heavy atom. The lowest BCUT2D eigenvalue weighted by atomic mass is 9.97. The minimum absolute atomic E-state index is 0.165. The molecule has 3 rings (SSSR count). The molecule has 2 nitrogen and oxygen atoms in total. The molecule has 0 bridgehead atoms. The van der Waals surface area contributed by atoms with Crippen molar-refractivity contribution < 1.29 is 9.50 Å². The summed E-state index contributed by atoms with van der Waals surface area (Å²) in [6.07, 6.45) is 1.61. The van der Waals surface area contributed by atoms with Crippen molar-refractivity contribution in [2.45, 2.75) is 13.8 Å². The zero-order valence-electron chi connectivity index (χ0n) is 12.8. The highest BCUT2D eigenvalue weighted by molar-refractivity contribution is 6.33. The van der Waals surface area contributed by atoms with Gasteiger partial charge >= 0.3 is 0 Å². The van der Waals surface area contributed by atoms with Gasteiger partial charge in [0.2, 0.25) is 0 Å². The average molecular weight is 328 g/mol. The van der Waals surface area contributed by atoms with Gasteiger partial charge in [-0.05, 0) is 61.9 Å². The summed E-state index contributed by atoms with van der Waals surface area (Å²) < 4.78 is 14.4. The topological polar surface area (TPSA) is 33.1 Å². The molecule has 2 aromatic carbocycles. The van der Waals surface area contributed by atoms with E-state index in [0.717, 1.165) is 16.6 Å². The molecule has 1 N–H and O–H groups in total. The Labute approximate surface area is 138 Å². The van der Waals surface area contributed by atoms with Gasteiger partial charge in [0.25, 0.3) is 0 Å². The highest BCUT2D eigenvalue weighted by atomic mass is 35.5. The van der Waals surface area contributed by atoms with Crippen molar-refractivity contribution in [3.63, 3.8) is 0 Å². The lowest BCUT2D eigenvalue weighted by molar-refractivity contribution is 0.511. The number of benzene rings is 2. The van der Waals surface area contributed by atoms with E-state index in [9.17, 15) is 9.50 Å². The molecule has 0 aliphatic carbocycles. The summed E-state index contributed by atoms with van der Waals surface area (Å²) in [5.74, 6) is -0.219. The predicted molar refractivity (Wildman–Crippen MR) is 93.2 cm³/mol. The van der Waals surface area contributed by atoms with Gasteiger partial charge in [-0.1, -0.05) is 17.7 Å². The number of pyridine rings is 1. The molecule has 1 aromatic heterocycles. The van der Waals surface area contributed by atoms with Crippen LogP contribution in [0.3, 0.4) is 0 Å². The fourth-order valence-electron chi connectivity index (χ4n) is 2.65. The second-order valence-electron chi connectivity index (χ2n) is 5.31. The number of hydrogen-bond donors (Lipinski definition) is 1. The van der Waals surface area contributed by atoms with Crippen molar-refractivity contribution in [3.8, 4) is 11.1 Å². The molecule has 23 heavy (non-hydrogen) atoms. The van der Waals surface area contributed by atoms with E-state index in [0.29, 0.717) is 21.7 Å². The number of nitrogens with zero attached hydrogens (tertiary/aromatic N) is 1. The lowest BCUT2D eigenvalue weighted by Crippen LogP contribution is -1.93. The van der Waals surface area contributed by atoms with Crippen LogP contribution in [0, 0.1) is 12.7 Å². The number of aliphatic hydroxyl groups excluding tert-OH is 1. The first-order valence-corrected chi connectivity index (χ1v) is 7.60. The second kappa shape index (κ2) is 6.01. The first kappa shape index (κ1) is 15.5. The van der Waals surface area contributed by atoms with Crippen molar-refractivity contribution in [1.82, 2.24) is 4.98 Å². The summed E-state index contributed by atoms with van der Waals surface area (Å²) in [7, 11) is 0. The highest BCUT2D eigenvalue weighted by Gasteiger charge is 2.15. The van der Waals surface area contributed by atoms with E-state index in [2.05, 4.69) is 4.98 Å².